The molecule has 0 radical (unpaired) electrons. The molecule has 0 atom stereocenters. The van der Waals surface area contributed by atoms with Crippen molar-refractivity contribution in [3.05, 3.63) is 181 Å². The summed E-state index contributed by atoms with van der Waals surface area (Å²) in [7, 11) is 0. The molecule has 0 spiro atoms. The Morgan fingerprint density at radius 1 is 0.429 bits per heavy atom. The van der Waals surface area contributed by atoms with E-state index in [-0.39, 0.29) is 0 Å². The Balaban J connectivity index is 1.23. The van der Waals surface area contributed by atoms with Crippen LogP contribution in [0.25, 0.3) is 111 Å². The number of fused-ring (bicyclic) bond motifs is 9. The van der Waals surface area contributed by atoms with Crippen molar-refractivity contribution in [2.45, 2.75) is 0 Å². The number of aromatic nitrogens is 4. The quantitative estimate of drug-likeness (QED) is 0.183. The summed E-state index contributed by atoms with van der Waals surface area (Å²) in [5, 5.41) is 16.8. The van der Waals surface area contributed by atoms with Crippen LogP contribution in [0.5, 0.6) is 0 Å². The Kier molecular flexibility index (Phi) is 6.34. The molecule has 8 aromatic carbocycles. The molecular formula is C51H29N5. The number of nitriles is 1. The fourth-order valence-electron chi connectivity index (χ4n) is 9.08. The Bertz CT molecular complexity index is 3240. The first-order chi connectivity index (χ1) is 27.7. The number of para-hydroxylation sites is 4. The van der Waals surface area contributed by atoms with Crippen molar-refractivity contribution < 1.29 is 0 Å². The highest BCUT2D eigenvalue weighted by Gasteiger charge is 2.29. The monoisotopic (exact) mass is 711 g/mol. The minimum Gasteiger partial charge on any atom is -0.309 e. The second kappa shape index (κ2) is 11.6. The number of benzene rings is 8. The van der Waals surface area contributed by atoms with E-state index in [0.29, 0.717) is 11.4 Å². The second-order valence-electron chi connectivity index (χ2n) is 14.5. The highest BCUT2D eigenvalue weighted by Crippen LogP contribution is 2.51. The third kappa shape index (κ3) is 4.30. The van der Waals surface area contributed by atoms with Crippen molar-refractivity contribution in [1.82, 2.24) is 19.1 Å². The van der Waals surface area contributed by atoms with Crippen molar-refractivity contribution in [2.24, 2.45) is 0 Å². The van der Waals surface area contributed by atoms with Gasteiger partial charge in [-0.3, -0.25) is 0 Å². The van der Waals surface area contributed by atoms with E-state index in [4.69, 9.17) is 9.97 Å². The van der Waals surface area contributed by atoms with Crippen LogP contribution < -0.4 is 0 Å². The Labute approximate surface area is 321 Å². The van der Waals surface area contributed by atoms with Gasteiger partial charge in [-0.05, 0) is 83.1 Å². The lowest BCUT2D eigenvalue weighted by Crippen LogP contribution is -2.02. The number of rotatable bonds is 4. The molecule has 0 fully saturated rings. The van der Waals surface area contributed by atoms with Crippen molar-refractivity contribution >= 4 is 54.4 Å². The van der Waals surface area contributed by atoms with E-state index in [1.54, 1.807) is 0 Å². The molecule has 56 heavy (non-hydrogen) atoms. The van der Waals surface area contributed by atoms with Gasteiger partial charge in [-0.25, -0.2) is 9.97 Å². The molecule has 11 aromatic rings. The second-order valence-corrected chi connectivity index (χ2v) is 14.5. The van der Waals surface area contributed by atoms with Crippen LogP contribution in [0.1, 0.15) is 5.56 Å². The normalized spacial score (nSPS) is 11.9. The van der Waals surface area contributed by atoms with Crippen molar-refractivity contribution in [3.8, 4) is 62.5 Å². The lowest BCUT2D eigenvalue weighted by molar-refractivity contribution is 1.13. The summed E-state index contributed by atoms with van der Waals surface area (Å²) in [4.78, 5) is 10.8. The zero-order chi connectivity index (χ0) is 36.9. The topological polar surface area (TPSA) is 59.4 Å². The molecule has 3 heterocycles. The van der Waals surface area contributed by atoms with Gasteiger partial charge in [0.25, 0.3) is 0 Å². The molecule has 258 valence electrons. The first-order valence-corrected chi connectivity index (χ1v) is 18.8. The molecule has 0 unspecified atom stereocenters. The van der Waals surface area contributed by atoms with Gasteiger partial charge in [-0.1, -0.05) is 109 Å². The standard InChI is InChI=1S/C51H29N5/c52-30-31-23-25-33(26-24-31)51-53-49(48-41-17-9-11-32-12-10-18-42(47(32)41)50(48)54-51)34-27-35(55-43-19-5-1-13-37(43)38-14-2-6-20-44(38)55)29-36(28-34)56-45-21-7-3-15-39(45)40-16-4-8-22-46(40)56/h1-29H. The molecule has 0 amide bonds. The molecule has 5 nitrogen and oxygen atoms in total. The highest BCUT2D eigenvalue weighted by atomic mass is 15.0. The summed E-state index contributed by atoms with van der Waals surface area (Å²) in [5.41, 5.74) is 14.1. The van der Waals surface area contributed by atoms with Gasteiger partial charge in [0, 0.05) is 55.2 Å². The van der Waals surface area contributed by atoms with Gasteiger partial charge < -0.3 is 9.13 Å². The van der Waals surface area contributed by atoms with Crippen LogP contribution in [0.15, 0.2) is 176 Å². The molecule has 0 saturated heterocycles. The highest BCUT2D eigenvalue weighted by molar-refractivity contribution is 6.17. The lowest BCUT2D eigenvalue weighted by Gasteiger charge is -2.18. The molecule has 1 aliphatic carbocycles. The summed E-state index contributed by atoms with van der Waals surface area (Å²) < 4.78 is 4.79. The van der Waals surface area contributed by atoms with E-state index < -0.39 is 0 Å². The van der Waals surface area contributed by atoms with E-state index in [9.17, 15) is 5.26 Å². The van der Waals surface area contributed by atoms with Gasteiger partial charge >= 0.3 is 0 Å². The van der Waals surface area contributed by atoms with Gasteiger partial charge in [0.05, 0.1) is 45.1 Å². The van der Waals surface area contributed by atoms with Gasteiger partial charge in [0.15, 0.2) is 5.82 Å². The first kappa shape index (κ1) is 30.6. The lowest BCUT2D eigenvalue weighted by atomic mass is 9.98. The maximum absolute atomic E-state index is 9.59. The van der Waals surface area contributed by atoms with E-state index in [0.717, 1.165) is 72.6 Å². The summed E-state index contributed by atoms with van der Waals surface area (Å²) >= 11 is 0. The minimum atomic E-state index is 0.599. The molecule has 0 aliphatic heterocycles. The van der Waals surface area contributed by atoms with Gasteiger partial charge in [0.2, 0.25) is 0 Å². The van der Waals surface area contributed by atoms with Crippen molar-refractivity contribution in [3.63, 3.8) is 0 Å². The third-order valence-electron chi connectivity index (χ3n) is 11.5. The van der Waals surface area contributed by atoms with E-state index in [1.165, 1.54) is 32.3 Å². The van der Waals surface area contributed by atoms with Gasteiger partial charge in [0.1, 0.15) is 0 Å². The van der Waals surface area contributed by atoms with Gasteiger partial charge in [-0.2, -0.15) is 5.26 Å². The maximum Gasteiger partial charge on any atom is 0.160 e. The summed E-state index contributed by atoms with van der Waals surface area (Å²) in [5.74, 6) is 0.619. The van der Waals surface area contributed by atoms with Crippen LogP contribution in [0.3, 0.4) is 0 Å². The summed E-state index contributed by atoms with van der Waals surface area (Å²) in [6.45, 7) is 0. The van der Waals surface area contributed by atoms with Crippen LogP contribution >= 0.6 is 0 Å². The summed E-state index contributed by atoms with van der Waals surface area (Å²) in [6, 6.07) is 64.4. The number of nitrogens with zero attached hydrogens (tertiary/aromatic N) is 5. The smallest absolute Gasteiger partial charge is 0.160 e. The van der Waals surface area contributed by atoms with E-state index in [2.05, 4.69) is 167 Å². The molecule has 3 aromatic heterocycles. The number of hydrogen-bond acceptors (Lipinski definition) is 3. The van der Waals surface area contributed by atoms with Crippen LogP contribution in [0, 0.1) is 11.3 Å². The fraction of sp³-hybridized carbons (Fsp3) is 0. The zero-order valence-electron chi connectivity index (χ0n) is 30.0. The van der Waals surface area contributed by atoms with Crippen LogP contribution in [0.2, 0.25) is 0 Å². The summed E-state index contributed by atoms with van der Waals surface area (Å²) in [6.07, 6.45) is 0. The largest absolute Gasteiger partial charge is 0.309 e. The molecular weight excluding hydrogens is 683 g/mol. The van der Waals surface area contributed by atoms with E-state index >= 15 is 0 Å². The maximum atomic E-state index is 9.59. The first-order valence-electron chi connectivity index (χ1n) is 18.8. The molecule has 0 bridgehead atoms. The van der Waals surface area contributed by atoms with Crippen LogP contribution in [-0.2, 0) is 0 Å². The molecule has 12 rings (SSSR count). The predicted molar refractivity (Wildman–Crippen MR) is 228 cm³/mol. The molecule has 1 aliphatic rings. The van der Waals surface area contributed by atoms with Crippen LogP contribution in [-0.4, -0.2) is 19.1 Å². The van der Waals surface area contributed by atoms with Crippen molar-refractivity contribution in [1.29, 1.82) is 5.26 Å². The predicted octanol–water partition coefficient (Wildman–Crippen LogP) is 12.7. The minimum absolute atomic E-state index is 0.599. The zero-order valence-corrected chi connectivity index (χ0v) is 30.0. The molecule has 0 saturated carbocycles. The number of hydrogen-bond donors (Lipinski definition) is 0. The SMILES string of the molecule is N#Cc1ccc(-c2nc(-c3cc(-n4c5ccccc5c5ccccc54)cc(-n4c5ccccc5c5ccccc54)c3)c3c(n2)-c2cccc4cccc-3c24)cc1. The van der Waals surface area contributed by atoms with Crippen LogP contribution in [0.4, 0.5) is 0 Å². The van der Waals surface area contributed by atoms with Gasteiger partial charge in [-0.15, -0.1) is 0 Å². The Morgan fingerprint density at radius 3 is 1.43 bits per heavy atom. The average molecular weight is 712 g/mol. The third-order valence-corrected chi connectivity index (χ3v) is 11.5. The van der Waals surface area contributed by atoms with Crippen molar-refractivity contribution in [2.75, 3.05) is 0 Å². The molecule has 0 N–H and O–H groups in total. The van der Waals surface area contributed by atoms with E-state index in [1.807, 2.05) is 24.3 Å². The molecule has 5 heteroatoms. The fourth-order valence-corrected chi connectivity index (χ4v) is 9.08. The Morgan fingerprint density at radius 2 is 0.911 bits per heavy atom. The average Bonchev–Trinajstić information content (AvgIpc) is 3.90. The Hall–Kier alpha value is -7.81.